The van der Waals surface area contributed by atoms with Gasteiger partial charge in [0.25, 0.3) is 11.5 Å². The maximum atomic E-state index is 12.2. The number of hydrogen-bond acceptors (Lipinski definition) is 4. The van der Waals surface area contributed by atoms with Crippen LogP contribution in [-0.4, -0.2) is 33.4 Å². The molecule has 1 heterocycles. The van der Waals surface area contributed by atoms with Crippen LogP contribution in [0.2, 0.25) is 0 Å². The van der Waals surface area contributed by atoms with Crippen LogP contribution in [0.4, 0.5) is 0 Å². The maximum Gasteiger partial charge on any atom is 0.277 e. The Morgan fingerprint density at radius 3 is 2.58 bits per heavy atom. The molecule has 1 saturated carbocycles. The summed E-state index contributed by atoms with van der Waals surface area (Å²) in [5.74, 6) is -0.356. The topological polar surface area (TPSA) is 95.1 Å². The molecule has 1 aromatic heterocycles. The number of hydrogen-bond donors (Lipinski definition) is 3. The lowest BCUT2D eigenvalue weighted by Gasteiger charge is -2.26. The van der Waals surface area contributed by atoms with E-state index in [9.17, 15) is 14.7 Å². The monoisotopic (exact) mass is 265 g/mol. The lowest BCUT2D eigenvalue weighted by molar-refractivity contribution is 0.0865. The summed E-state index contributed by atoms with van der Waals surface area (Å²) >= 11 is 0. The van der Waals surface area contributed by atoms with Crippen LogP contribution in [0.5, 0.6) is 0 Å². The van der Waals surface area contributed by atoms with Gasteiger partial charge in [0.05, 0.1) is 11.8 Å². The van der Waals surface area contributed by atoms with Crippen molar-refractivity contribution in [1.29, 1.82) is 0 Å². The Morgan fingerprint density at radius 2 is 1.95 bits per heavy atom. The average molecular weight is 265 g/mol. The number of aromatic nitrogens is 2. The van der Waals surface area contributed by atoms with E-state index in [-0.39, 0.29) is 23.6 Å². The van der Waals surface area contributed by atoms with E-state index in [4.69, 9.17) is 0 Å². The van der Waals surface area contributed by atoms with Crippen LogP contribution in [0.1, 0.15) is 47.3 Å². The van der Waals surface area contributed by atoms with E-state index in [2.05, 4.69) is 15.5 Å². The highest BCUT2D eigenvalue weighted by molar-refractivity contribution is 5.95. The molecule has 0 aliphatic heterocycles. The van der Waals surface area contributed by atoms with Crippen molar-refractivity contribution in [3.05, 3.63) is 27.2 Å². The Kier molecular flexibility index (Phi) is 3.99. The van der Waals surface area contributed by atoms with Gasteiger partial charge in [-0.3, -0.25) is 9.59 Å². The van der Waals surface area contributed by atoms with Gasteiger partial charge in [0.2, 0.25) is 0 Å². The zero-order valence-corrected chi connectivity index (χ0v) is 11.2. The predicted octanol–water partition coefficient (Wildman–Crippen LogP) is 0.420. The van der Waals surface area contributed by atoms with Gasteiger partial charge in [0.1, 0.15) is 5.56 Å². The van der Waals surface area contributed by atoms with Gasteiger partial charge in [-0.25, -0.2) is 5.10 Å². The quantitative estimate of drug-likeness (QED) is 0.722. The van der Waals surface area contributed by atoms with Gasteiger partial charge < -0.3 is 10.4 Å². The van der Waals surface area contributed by atoms with Crippen molar-refractivity contribution in [2.75, 3.05) is 0 Å². The van der Waals surface area contributed by atoms with E-state index < -0.39 is 5.56 Å². The Hall–Kier alpha value is -1.69. The molecule has 0 atom stereocenters. The van der Waals surface area contributed by atoms with E-state index in [1.165, 1.54) is 0 Å². The molecule has 0 spiro atoms. The minimum Gasteiger partial charge on any atom is -0.393 e. The first-order valence-electron chi connectivity index (χ1n) is 6.54. The summed E-state index contributed by atoms with van der Waals surface area (Å²) in [6, 6.07) is 0.0307. The molecule has 3 N–H and O–H groups in total. The van der Waals surface area contributed by atoms with Gasteiger partial charge >= 0.3 is 0 Å². The van der Waals surface area contributed by atoms with E-state index >= 15 is 0 Å². The summed E-state index contributed by atoms with van der Waals surface area (Å²) in [7, 11) is 0. The van der Waals surface area contributed by atoms with Crippen LogP contribution in [-0.2, 0) is 0 Å². The van der Waals surface area contributed by atoms with Gasteiger partial charge in [-0.2, -0.15) is 5.10 Å². The molecule has 0 aromatic carbocycles. The number of carbonyl (C=O) groups excluding carboxylic acids is 1. The van der Waals surface area contributed by atoms with E-state index in [0.29, 0.717) is 24.1 Å². The average Bonchev–Trinajstić information content (AvgIpc) is 2.37. The summed E-state index contributed by atoms with van der Waals surface area (Å²) in [5, 5.41) is 18.4. The van der Waals surface area contributed by atoms with Crippen molar-refractivity contribution < 1.29 is 9.90 Å². The van der Waals surface area contributed by atoms with Crippen LogP contribution in [0.25, 0.3) is 0 Å². The summed E-state index contributed by atoms with van der Waals surface area (Å²) < 4.78 is 0. The fourth-order valence-corrected chi connectivity index (χ4v) is 2.38. The second kappa shape index (κ2) is 5.52. The molecule has 6 heteroatoms. The third-order valence-electron chi connectivity index (χ3n) is 3.73. The molecule has 1 aromatic rings. The van der Waals surface area contributed by atoms with Crippen molar-refractivity contribution in [3.63, 3.8) is 0 Å². The van der Waals surface area contributed by atoms with Crippen LogP contribution < -0.4 is 10.9 Å². The third-order valence-corrected chi connectivity index (χ3v) is 3.73. The smallest absolute Gasteiger partial charge is 0.277 e. The van der Waals surface area contributed by atoms with Gasteiger partial charge in [0.15, 0.2) is 0 Å². The zero-order valence-electron chi connectivity index (χ0n) is 11.2. The first kappa shape index (κ1) is 13.7. The molecular formula is C13H19N3O3. The fraction of sp³-hybridized carbons (Fsp3) is 0.615. The molecule has 0 bridgehead atoms. The number of aromatic amines is 1. The molecule has 1 aliphatic rings. The predicted molar refractivity (Wildman–Crippen MR) is 70.1 cm³/mol. The van der Waals surface area contributed by atoms with E-state index in [1.807, 2.05) is 0 Å². The molecule has 0 saturated heterocycles. The molecule has 1 fully saturated rings. The van der Waals surface area contributed by atoms with E-state index in [1.54, 1.807) is 13.8 Å². The van der Waals surface area contributed by atoms with Crippen molar-refractivity contribution in [3.8, 4) is 0 Å². The van der Waals surface area contributed by atoms with Gasteiger partial charge in [-0.15, -0.1) is 0 Å². The number of H-pyrrole nitrogens is 1. The lowest BCUT2D eigenvalue weighted by atomic mass is 9.93. The van der Waals surface area contributed by atoms with Gasteiger partial charge in [-0.05, 0) is 45.1 Å². The number of nitrogens with one attached hydrogen (secondary N) is 2. The van der Waals surface area contributed by atoms with Crippen LogP contribution in [0, 0.1) is 13.8 Å². The Balaban J connectivity index is 2.12. The fourth-order valence-electron chi connectivity index (χ4n) is 2.38. The lowest BCUT2D eigenvalue weighted by Crippen LogP contribution is -2.41. The number of amides is 1. The molecular weight excluding hydrogens is 246 g/mol. The Morgan fingerprint density at radius 1 is 1.32 bits per heavy atom. The first-order chi connectivity index (χ1) is 8.99. The van der Waals surface area contributed by atoms with Crippen LogP contribution >= 0.6 is 0 Å². The van der Waals surface area contributed by atoms with Gasteiger partial charge in [-0.1, -0.05) is 0 Å². The third kappa shape index (κ3) is 3.01. The Bertz CT molecular complexity index is 530. The number of rotatable bonds is 2. The summed E-state index contributed by atoms with van der Waals surface area (Å²) in [6.45, 7) is 3.47. The molecule has 0 radical (unpaired) electrons. The highest BCUT2D eigenvalue weighted by Crippen LogP contribution is 2.18. The highest BCUT2D eigenvalue weighted by atomic mass is 16.3. The molecule has 19 heavy (non-hydrogen) atoms. The summed E-state index contributed by atoms with van der Waals surface area (Å²) in [4.78, 5) is 23.9. The summed E-state index contributed by atoms with van der Waals surface area (Å²) in [5.41, 5.74) is 0.927. The normalized spacial score (nSPS) is 23.1. The van der Waals surface area contributed by atoms with Crippen molar-refractivity contribution in [2.24, 2.45) is 0 Å². The summed E-state index contributed by atoms with van der Waals surface area (Å²) in [6.07, 6.45) is 2.61. The molecule has 2 rings (SSSR count). The zero-order chi connectivity index (χ0) is 14.0. The number of nitrogens with zero attached hydrogens (tertiary/aromatic N) is 1. The molecule has 1 aliphatic carbocycles. The standard InChI is InChI=1S/C13H19N3O3/c1-7-8(2)15-16-13(19)11(7)12(18)14-9-3-5-10(17)6-4-9/h9-10,17H,3-6H2,1-2H3,(H,14,18)(H,16,19). The van der Waals surface area contributed by atoms with Crippen molar-refractivity contribution in [1.82, 2.24) is 15.5 Å². The second-order valence-corrected chi connectivity index (χ2v) is 5.12. The van der Waals surface area contributed by atoms with Crippen molar-refractivity contribution >= 4 is 5.91 Å². The van der Waals surface area contributed by atoms with Crippen LogP contribution in [0.15, 0.2) is 4.79 Å². The number of aryl methyl sites for hydroxylation is 1. The molecule has 104 valence electrons. The molecule has 6 nitrogen and oxygen atoms in total. The number of aliphatic hydroxyl groups excluding tert-OH is 1. The molecule has 0 unspecified atom stereocenters. The second-order valence-electron chi connectivity index (χ2n) is 5.12. The largest absolute Gasteiger partial charge is 0.393 e. The minimum absolute atomic E-state index is 0.0307. The minimum atomic E-state index is -0.462. The van der Waals surface area contributed by atoms with Gasteiger partial charge in [0, 0.05) is 6.04 Å². The first-order valence-corrected chi connectivity index (χ1v) is 6.54. The van der Waals surface area contributed by atoms with E-state index in [0.717, 1.165) is 12.8 Å². The number of carbonyl (C=O) groups is 1. The van der Waals surface area contributed by atoms with Crippen LogP contribution in [0.3, 0.4) is 0 Å². The maximum absolute atomic E-state index is 12.2. The Labute approximate surface area is 111 Å². The molecule has 1 amide bonds. The number of aliphatic hydroxyl groups is 1. The van der Waals surface area contributed by atoms with Crippen molar-refractivity contribution in [2.45, 2.75) is 51.7 Å². The highest BCUT2D eigenvalue weighted by Gasteiger charge is 2.23. The SMILES string of the molecule is Cc1n[nH]c(=O)c(C(=O)NC2CCC(O)CC2)c1C.